The molecule has 48 heavy (non-hydrogen) atoms. The fourth-order valence-electron chi connectivity index (χ4n) is 6.24. The van der Waals surface area contributed by atoms with Crippen LogP contribution < -0.4 is 0 Å². The Morgan fingerprint density at radius 2 is 0.854 bits per heavy atom. The molecule has 0 unspecified atom stereocenters. The summed E-state index contributed by atoms with van der Waals surface area (Å²) >= 11 is 0. The van der Waals surface area contributed by atoms with Crippen LogP contribution in [0.5, 0.6) is 0 Å². The third-order valence-corrected chi connectivity index (χ3v) is 8.67. The van der Waals surface area contributed by atoms with E-state index in [4.69, 9.17) is 15.0 Å². The van der Waals surface area contributed by atoms with Gasteiger partial charge in [0.25, 0.3) is 0 Å². The molecule has 4 heteroatoms. The van der Waals surface area contributed by atoms with Gasteiger partial charge in [0.15, 0.2) is 17.5 Å². The molecule has 5 aromatic carbocycles. The maximum Gasteiger partial charge on any atom is 0.164 e. The average molecular weight is 617 g/mol. The van der Waals surface area contributed by atoms with Crippen molar-refractivity contribution in [2.75, 3.05) is 0 Å². The minimum atomic E-state index is 0.658. The SMILES string of the molecule is C1=CC(c2nc(-c3ccccc3)nc(-c3ccc(-c4cc(-c5ccccc5)c(-c5cccnc5)cc4-c4ccccc4)cc3)n2)=CCC1. The van der Waals surface area contributed by atoms with E-state index >= 15 is 0 Å². The molecule has 228 valence electrons. The van der Waals surface area contributed by atoms with Crippen molar-refractivity contribution < 1.29 is 0 Å². The molecular formula is C44H32N4. The fraction of sp³-hybridized carbons (Fsp3) is 0.0455. The van der Waals surface area contributed by atoms with Gasteiger partial charge in [0.2, 0.25) is 0 Å². The molecule has 0 saturated carbocycles. The molecule has 0 N–H and O–H groups in total. The van der Waals surface area contributed by atoms with Gasteiger partial charge < -0.3 is 0 Å². The van der Waals surface area contributed by atoms with E-state index in [9.17, 15) is 0 Å². The molecule has 0 saturated heterocycles. The van der Waals surface area contributed by atoms with Crippen LogP contribution in [0.2, 0.25) is 0 Å². The standard InChI is InChI=1S/C44H32N4/c1-5-14-31(15-6-1)38-29-41(37-22-13-27-45-30-37)39(32-16-7-2-8-17-32)28-40(38)33-23-25-36(26-24-33)44-47-42(34-18-9-3-10-19-34)46-43(48-44)35-20-11-4-12-21-35/h1-3,5-11,13-30H,4,12H2. The Hall–Kier alpha value is -6.26. The van der Waals surface area contributed by atoms with Crippen LogP contribution in [0.15, 0.2) is 170 Å². The lowest BCUT2D eigenvalue weighted by Crippen LogP contribution is -2.03. The van der Waals surface area contributed by atoms with Crippen molar-refractivity contribution in [3.8, 4) is 67.3 Å². The summed E-state index contributed by atoms with van der Waals surface area (Å²) in [5.41, 5.74) is 12.1. The van der Waals surface area contributed by atoms with Gasteiger partial charge in [0, 0.05) is 34.7 Å². The summed E-state index contributed by atoms with van der Waals surface area (Å²) in [6, 6.07) is 48.7. The lowest BCUT2D eigenvalue weighted by atomic mass is 9.86. The molecule has 7 aromatic rings. The number of pyridine rings is 1. The first-order valence-electron chi connectivity index (χ1n) is 16.3. The molecule has 2 heterocycles. The predicted molar refractivity (Wildman–Crippen MR) is 197 cm³/mol. The Bertz CT molecular complexity index is 2240. The van der Waals surface area contributed by atoms with E-state index in [-0.39, 0.29) is 0 Å². The number of benzene rings is 5. The Morgan fingerprint density at radius 1 is 0.396 bits per heavy atom. The van der Waals surface area contributed by atoms with Crippen molar-refractivity contribution in [3.63, 3.8) is 0 Å². The summed E-state index contributed by atoms with van der Waals surface area (Å²) in [5, 5.41) is 0. The van der Waals surface area contributed by atoms with Gasteiger partial charge in [0.1, 0.15) is 0 Å². The van der Waals surface area contributed by atoms with Gasteiger partial charge >= 0.3 is 0 Å². The van der Waals surface area contributed by atoms with Gasteiger partial charge in [-0.15, -0.1) is 0 Å². The molecule has 0 radical (unpaired) electrons. The minimum absolute atomic E-state index is 0.658. The highest BCUT2D eigenvalue weighted by Gasteiger charge is 2.18. The lowest BCUT2D eigenvalue weighted by molar-refractivity contribution is 1.01. The predicted octanol–water partition coefficient (Wildman–Crippen LogP) is 11.0. The number of hydrogen-bond donors (Lipinski definition) is 0. The number of aromatic nitrogens is 4. The molecule has 0 amide bonds. The first-order chi connectivity index (χ1) is 23.8. The monoisotopic (exact) mass is 616 g/mol. The molecule has 1 aliphatic rings. The molecule has 1 aliphatic carbocycles. The summed E-state index contributed by atoms with van der Waals surface area (Å²) in [4.78, 5) is 19.3. The third kappa shape index (κ3) is 6.00. The highest BCUT2D eigenvalue weighted by molar-refractivity contribution is 5.95. The molecular weight excluding hydrogens is 585 g/mol. The Balaban J connectivity index is 1.27. The van der Waals surface area contributed by atoms with E-state index in [0.29, 0.717) is 17.5 Å². The van der Waals surface area contributed by atoms with E-state index in [0.717, 1.165) is 74.0 Å². The number of nitrogens with zero attached hydrogens (tertiary/aromatic N) is 4. The van der Waals surface area contributed by atoms with Crippen molar-refractivity contribution in [2.45, 2.75) is 12.8 Å². The zero-order valence-electron chi connectivity index (χ0n) is 26.4. The molecule has 0 atom stereocenters. The van der Waals surface area contributed by atoms with Crippen LogP contribution >= 0.6 is 0 Å². The molecule has 0 bridgehead atoms. The van der Waals surface area contributed by atoms with Gasteiger partial charge in [0.05, 0.1) is 0 Å². The van der Waals surface area contributed by atoms with Gasteiger partial charge in [-0.3, -0.25) is 4.98 Å². The van der Waals surface area contributed by atoms with E-state index in [1.807, 2.05) is 48.8 Å². The quantitative estimate of drug-likeness (QED) is 0.179. The number of hydrogen-bond acceptors (Lipinski definition) is 4. The van der Waals surface area contributed by atoms with Crippen molar-refractivity contribution in [1.82, 2.24) is 19.9 Å². The van der Waals surface area contributed by atoms with E-state index in [2.05, 4.69) is 126 Å². The Kier molecular flexibility index (Phi) is 8.04. The topological polar surface area (TPSA) is 51.6 Å². The fourth-order valence-corrected chi connectivity index (χ4v) is 6.24. The van der Waals surface area contributed by atoms with E-state index in [1.54, 1.807) is 0 Å². The maximum atomic E-state index is 4.97. The highest BCUT2D eigenvalue weighted by atomic mass is 15.0. The van der Waals surface area contributed by atoms with E-state index < -0.39 is 0 Å². The second-order valence-electron chi connectivity index (χ2n) is 11.8. The minimum Gasteiger partial charge on any atom is -0.264 e. The third-order valence-electron chi connectivity index (χ3n) is 8.67. The summed E-state index contributed by atoms with van der Waals surface area (Å²) in [5.74, 6) is 2.03. The van der Waals surface area contributed by atoms with Gasteiger partial charge in [-0.25, -0.2) is 15.0 Å². The molecule has 0 aliphatic heterocycles. The molecule has 0 spiro atoms. The van der Waals surface area contributed by atoms with Crippen LogP contribution in [0.25, 0.3) is 72.9 Å². The van der Waals surface area contributed by atoms with Crippen LogP contribution in [0.1, 0.15) is 18.7 Å². The largest absolute Gasteiger partial charge is 0.264 e. The normalized spacial score (nSPS) is 12.5. The van der Waals surface area contributed by atoms with Crippen LogP contribution in [0.3, 0.4) is 0 Å². The molecule has 8 rings (SSSR count). The maximum absolute atomic E-state index is 4.97. The zero-order chi connectivity index (χ0) is 32.1. The lowest BCUT2D eigenvalue weighted by Gasteiger charge is -2.18. The second-order valence-corrected chi connectivity index (χ2v) is 11.8. The smallest absolute Gasteiger partial charge is 0.164 e. The molecule has 0 fully saturated rings. The van der Waals surface area contributed by atoms with Gasteiger partial charge in [-0.1, -0.05) is 140 Å². The number of rotatable bonds is 7. The van der Waals surface area contributed by atoms with Crippen LogP contribution in [-0.2, 0) is 0 Å². The van der Waals surface area contributed by atoms with Crippen molar-refractivity contribution in [1.29, 1.82) is 0 Å². The molecule has 2 aromatic heterocycles. The van der Waals surface area contributed by atoms with Gasteiger partial charge in [-0.05, 0) is 70.0 Å². The Labute approximate surface area is 280 Å². The molecule has 4 nitrogen and oxygen atoms in total. The first kappa shape index (κ1) is 29.2. The summed E-state index contributed by atoms with van der Waals surface area (Å²) in [6.45, 7) is 0. The highest BCUT2D eigenvalue weighted by Crippen LogP contribution is 2.42. The Morgan fingerprint density at radius 3 is 1.38 bits per heavy atom. The van der Waals surface area contributed by atoms with Crippen molar-refractivity contribution in [3.05, 3.63) is 176 Å². The average Bonchev–Trinajstić information content (AvgIpc) is 3.19. The van der Waals surface area contributed by atoms with Crippen LogP contribution in [0.4, 0.5) is 0 Å². The summed E-state index contributed by atoms with van der Waals surface area (Å²) in [6.07, 6.45) is 12.3. The van der Waals surface area contributed by atoms with E-state index in [1.165, 1.54) is 0 Å². The van der Waals surface area contributed by atoms with Crippen LogP contribution in [-0.4, -0.2) is 19.9 Å². The van der Waals surface area contributed by atoms with Crippen LogP contribution in [0, 0.1) is 0 Å². The second kappa shape index (κ2) is 13.2. The van der Waals surface area contributed by atoms with Crippen molar-refractivity contribution in [2.24, 2.45) is 0 Å². The zero-order valence-corrected chi connectivity index (χ0v) is 26.4. The summed E-state index contributed by atoms with van der Waals surface area (Å²) < 4.78 is 0. The summed E-state index contributed by atoms with van der Waals surface area (Å²) in [7, 11) is 0. The number of allylic oxidation sites excluding steroid dienone is 4. The van der Waals surface area contributed by atoms with Gasteiger partial charge in [-0.2, -0.15) is 0 Å². The first-order valence-corrected chi connectivity index (χ1v) is 16.3. The van der Waals surface area contributed by atoms with Crippen molar-refractivity contribution >= 4 is 5.57 Å².